The standard InChI is InChI=1S/C14H14FNO3/c1-9-4-5-11(15)10(7-9)14(18)16-12(8-17)13-3-2-6-19-13/h2-7,12,17H,8H2,1H3,(H,16,18). The third-order valence-corrected chi connectivity index (χ3v) is 2.74. The van der Waals surface area contributed by atoms with Gasteiger partial charge >= 0.3 is 0 Å². The van der Waals surface area contributed by atoms with Crippen LogP contribution in [0.5, 0.6) is 0 Å². The van der Waals surface area contributed by atoms with E-state index in [0.29, 0.717) is 5.76 Å². The summed E-state index contributed by atoms with van der Waals surface area (Å²) < 4.78 is 18.7. The van der Waals surface area contributed by atoms with E-state index in [1.165, 1.54) is 18.4 Å². The fourth-order valence-corrected chi connectivity index (χ4v) is 1.75. The molecule has 1 aromatic heterocycles. The topological polar surface area (TPSA) is 62.5 Å². The summed E-state index contributed by atoms with van der Waals surface area (Å²) in [6.07, 6.45) is 1.44. The molecule has 0 saturated carbocycles. The number of hydrogen-bond donors (Lipinski definition) is 2. The van der Waals surface area contributed by atoms with Crippen molar-refractivity contribution in [1.82, 2.24) is 5.32 Å². The maximum Gasteiger partial charge on any atom is 0.254 e. The zero-order valence-corrected chi connectivity index (χ0v) is 10.4. The van der Waals surface area contributed by atoms with Crippen molar-refractivity contribution in [2.45, 2.75) is 13.0 Å². The van der Waals surface area contributed by atoms with Gasteiger partial charge in [0.2, 0.25) is 0 Å². The molecule has 0 aliphatic heterocycles. The van der Waals surface area contributed by atoms with E-state index in [1.54, 1.807) is 25.1 Å². The highest BCUT2D eigenvalue weighted by molar-refractivity contribution is 5.94. The molecule has 0 radical (unpaired) electrons. The van der Waals surface area contributed by atoms with Crippen molar-refractivity contribution in [3.05, 3.63) is 59.3 Å². The second-order valence-corrected chi connectivity index (χ2v) is 4.21. The van der Waals surface area contributed by atoms with Crippen molar-refractivity contribution >= 4 is 5.91 Å². The second-order valence-electron chi connectivity index (χ2n) is 4.21. The third kappa shape index (κ3) is 3.00. The Kier molecular flexibility index (Phi) is 3.97. The van der Waals surface area contributed by atoms with Crippen LogP contribution in [0.25, 0.3) is 0 Å². The molecule has 100 valence electrons. The van der Waals surface area contributed by atoms with E-state index in [2.05, 4.69) is 5.32 Å². The SMILES string of the molecule is Cc1ccc(F)c(C(=O)NC(CO)c2ccco2)c1. The first-order valence-electron chi connectivity index (χ1n) is 5.83. The summed E-state index contributed by atoms with van der Waals surface area (Å²) >= 11 is 0. The van der Waals surface area contributed by atoms with Gasteiger partial charge in [-0.2, -0.15) is 0 Å². The molecule has 0 bridgehead atoms. The molecular formula is C14H14FNO3. The minimum atomic E-state index is -0.692. The fourth-order valence-electron chi connectivity index (χ4n) is 1.75. The van der Waals surface area contributed by atoms with Crippen molar-refractivity contribution < 1.29 is 18.7 Å². The fraction of sp³-hybridized carbons (Fsp3) is 0.214. The zero-order valence-electron chi connectivity index (χ0n) is 10.4. The van der Waals surface area contributed by atoms with Crippen LogP contribution < -0.4 is 5.32 Å². The van der Waals surface area contributed by atoms with Crippen LogP contribution in [0.1, 0.15) is 27.7 Å². The summed E-state index contributed by atoms with van der Waals surface area (Å²) in [7, 11) is 0. The Morgan fingerprint density at radius 1 is 1.47 bits per heavy atom. The molecule has 2 aromatic rings. The number of aliphatic hydroxyl groups is 1. The molecule has 1 amide bonds. The van der Waals surface area contributed by atoms with Gasteiger partial charge in [0.1, 0.15) is 17.6 Å². The highest BCUT2D eigenvalue weighted by Gasteiger charge is 2.19. The number of furan rings is 1. The number of aliphatic hydroxyl groups excluding tert-OH is 1. The number of carbonyl (C=O) groups excluding carboxylic acids is 1. The van der Waals surface area contributed by atoms with E-state index < -0.39 is 17.8 Å². The molecule has 0 spiro atoms. The second kappa shape index (κ2) is 5.67. The maximum absolute atomic E-state index is 13.6. The first-order valence-corrected chi connectivity index (χ1v) is 5.83. The molecule has 5 heteroatoms. The summed E-state index contributed by atoms with van der Waals surface area (Å²) in [5.74, 6) is -0.764. The van der Waals surface area contributed by atoms with Gasteiger partial charge in [-0.1, -0.05) is 11.6 Å². The predicted octanol–water partition coefficient (Wildman–Crippen LogP) is 2.19. The van der Waals surface area contributed by atoms with E-state index in [9.17, 15) is 14.3 Å². The van der Waals surface area contributed by atoms with Crippen LogP contribution >= 0.6 is 0 Å². The Labute approximate surface area is 109 Å². The van der Waals surface area contributed by atoms with Crippen molar-refractivity contribution in [3.8, 4) is 0 Å². The lowest BCUT2D eigenvalue weighted by Gasteiger charge is -2.14. The number of halogens is 1. The van der Waals surface area contributed by atoms with Gasteiger partial charge in [-0.15, -0.1) is 0 Å². The van der Waals surface area contributed by atoms with E-state index in [1.807, 2.05) is 0 Å². The summed E-state index contributed by atoms with van der Waals surface area (Å²) in [6.45, 7) is 1.44. The Morgan fingerprint density at radius 3 is 2.89 bits per heavy atom. The van der Waals surface area contributed by atoms with Crippen LogP contribution in [0, 0.1) is 12.7 Å². The Balaban J connectivity index is 2.18. The summed E-state index contributed by atoms with van der Waals surface area (Å²) in [4.78, 5) is 12.0. The van der Waals surface area contributed by atoms with Gasteiger partial charge in [-0.05, 0) is 31.2 Å². The van der Waals surface area contributed by atoms with E-state index >= 15 is 0 Å². The quantitative estimate of drug-likeness (QED) is 0.888. The third-order valence-electron chi connectivity index (χ3n) is 2.74. The lowest BCUT2D eigenvalue weighted by molar-refractivity contribution is 0.0903. The number of benzene rings is 1. The molecule has 2 N–H and O–H groups in total. The average Bonchev–Trinajstić information content (AvgIpc) is 2.92. The van der Waals surface area contributed by atoms with Crippen LogP contribution in [0.4, 0.5) is 4.39 Å². The smallest absolute Gasteiger partial charge is 0.254 e. The minimum absolute atomic E-state index is 0.0509. The molecular weight excluding hydrogens is 249 g/mol. The summed E-state index contributed by atoms with van der Waals surface area (Å²) in [5, 5.41) is 11.8. The van der Waals surface area contributed by atoms with Gasteiger partial charge in [0.25, 0.3) is 5.91 Å². The summed E-state index contributed by atoms with van der Waals surface area (Å²) in [6, 6.07) is 6.88. The van der Waals surface area contributed by atoms with Gasteiger partial charge in [-0.3, -0.25) is 4.79 Å². The van der Waals surface area contributed by atoms with E-state index in [0.717, 1.165) is 5.56 Å². The van der Waals surface area contributed by atoms with Crippen LogP contribution in [0.15, 0.2) is 41.0 Å². The first kappa shape index (κ1) is 13.3. The predicted molar refractivity (Wildman–Crippen MR) is 67.1 cm³/mol. The zero-order chi connectivity index (χ0) is 13.8. The normalized spacial score (nSPS) is 12.2. The molecule has 1 aromatic carbocycles. The van der Waals surface area contributed by atoms with E-state index in [-0.39, 0.29) is 12.2 Å². The largest absolute Gasteiger partial charge is 0.467 e. The van der Waals surface area contributed by atoms with Crippen molar-refractivity contribution in [2.75, 3.05) is 6.61 Å². The number of rotatable bonds is 4. The van der Waals surface area contributed by atoms with Crippen LogP contribution in [-0.2, 0) is 0 Å². The Morgan fingerprint density at radius 2 is 2.26 bits per heavy atom. The molecule has 1 unspecified atom stereocenters. The number of carbonyl (C=O) groups is 1. The summed E-state index contributed by atoms with van der Waals surface area (Å²) in [5.41, 5.74) is 0.732. The lowest BCUT2D eigenvalue weighted by Crippen LogP contribution is -2.31. The molecule has 0 aliphatic carbocycles. The van der Waals surface area contributed by atoms with Crippen LogP contribution in [0.2, 0.25) is 0 Å². The monoisotopic (exact) mass is 263 g/mol. The maximum atomic E-state index is 13.6. The highest BCUT2D eigenvalue weighted by Crippen LogP contribution is 2.15. The number of amides is 1. The molecule has 1 heterocycles. The molecule has 0 fully saturated rings. The number of nitrogens with one attached hydrogen (secondary N) is 1. The Bertz CT molecular complexity index is 566. The molecule has 4 nitrogen and oxygen atoms in total. The van der Waals surface area contributed by atoms with Gasteiger partial charge in [-0.25, -0.2) is 4.39 Å². The number of aryl methyl sites for hydroxylation is 1. The molecule has 19 heavy (non-hydrogen) atoms. The van der Waals surface area contributed by atoms with Crippen LogP contribution in [0.3, 0.4) is 0 Å². The molecule has 2 rings (SSSR count). The molecule has 0 aliphatic rings. The minimum Gasteiger partial charge on any atom is -0.467 e. The molecule has 0 saturated heterocycles. The van der Waals surface area contributed by atoms with Crippen molar-refractivity contribution in [3.63, 3.8) is 0 Å². The van der Waals surface area contributed by atoms with Crippen molar-refractivity contribution in [2.24, 2.45) is 0 Å². The number of hydrogen-bond acceptors (Lipinski definition) is 3. The van der Waals surface area contributed by atoms with E-state index in [4.69, 9.17) is 4.42 Å². The van der Waals surface area contributed by atoms with Gasteiger partial charge in [0, 0.05) is 0 Å². The van der Waals surface area contributed by atoms with Gasteiger partial charge in [0.15, 0.2) is 0 Å². The van der Waals surface area contributed by atoms with Crippen LogP contribution in [-0.4, -0.2) is 17.6 Å². The van der Waals surface area contributed by atoms with Gasteiger partial charge < -0.3 is 14.8 Å². The first-order chi connectivity index (χ1) is 9.11. The molecule has 1 atom stereocenters. The highest BCUT2D eigenvalue weighted by atomic mass is 19.1. The van der Waals surface area contributed by atoms with Crippen molar-refractivity contribution in [1.29, 1.82) is 0 Å². The average molecular weight is 263 g/mol. The van der Waals surface area contributed by atoms with Gasteiger partial charge in [0.05, 0.1) is 18.4 Å². The Hall–Kier alpha value is -2.14. The lowest BCUT2D eigenvalue weighted by atomic mass is 10.1.